The fourth-order valence-electron chi connectivity index (χ4n) is 2.29. The van der Waals surface area contributed by atoms with Crippen LogP contribution in [-0.2, 0) is 21.6 Å². The molecule has 0 radical (unpaired) electrons. The molecule has 1 aromatic heterocycles. The van der Waals surface area contributed by atoms with Crippen LogP contribution in [0.5, 0.6) is 0 Å². The Hall–Kier alpha value is -1.95. The summed E-state index contributed by atoms with van der Waals surface area (Å²) in [5.74, 6) is 0. The van der Waals surface area contributed by atoms with Crippen LogP contribution in [0.3, 0.4) is 0 Å². The van der Waals surface area contributed by atoms with Gasteiger partial charge in [0, 0.05) is 18.8 Å². The molecular weight excluding hydrogens is 378 g/mol. The molecule has 142 valence electrons. The van der Waals surface area contributed by atoms with Crippen molar-refractivity contribution in [3.05, 3.63) is 29.3 Å². The lowest BCUT2D eigenvalue weighted by molar-refractivity contribution is -0.713. The van der Waals surface area contributed by atoms with E-state index in [1.54, 1.807) is 10.2 Å². The molecule has 11 heteroatoms. The minimum Gasteiger partial charge on any atom is -0.726 e. The van der Waals surface area contributed by atoms with Gasteiger partial charge in [-0.2, -0.15) is 0 Å². The number of hydrogen-bond donors (Lipinski definition) is 0. The van der Waals surface area contributed by atoms with Crippen LogP contribution in [0.1, 0.15) is 18.9 Å². The van der Waals surface area contributed by atoms with Gasteiger partial charge in [-0.15, -0.1) is 4.68 Å². The van der Waals surface area contributed by atoms with Gasteiger partial charge in [-0.3, -0.25) is 4.18 Å². The number of rotatable bonds is 9. The first-order valence-electron chi connectivity index (χ1n) is 7.97. The number of anilines is 1. The molecule has 0 atom stereocenters. The number of hydrogen-bond acceptors (Lipinski definition) is 9. The molecule has 0 fully saturated rings. The fraction of sp³-hybridized carbons (Fsp3) is 0.467. The van der Waals surface area contributed by atoms with Crippen LogP contribution in [0.2, 0.25) is 0 Å². The van der Waals surface area contributed by atoms with Crippen LogP contribution in [0, 0.1) is 6.92 Å². The number of aryl methyl sites for hydroxylation is 2. The van der Waals surface area contributed by atoms with Crippen molar-refractivity contribution in [3.63, 3.8) is 0 Å². The molecule has 0 aliphatic rings. The molecule has 0 aliphatic heterocycles. The van der Waals surface area contributed by atoms with E-state index in [-0.39, 0.29) is 6.61 Å². The highest BCUT2D eigenvalue weighted by molar-refractivity contribution is 7.80. The van der Waals surface area contributed by atoms with Gasteiger partial charge in [-0.05, 0) is 60.5 Å². The average molecular weight is 399 g/mol. The van der Waals surface area contributed by atoms with Gasteiger partial charge in [0.2, 0.25) is 10.4 Å². The largest absolute Gasteiger partial charge is 0.726 e. The van der Waals surface area contributed by atoms with E-state index in [1.165, 1.54) is 11.3 Å². The topological polar surface area (TPSA) is 111 Å². The predicted molar refractivity (Wildman–Crippen MR) is 96.8 cm³/mol. The molecule has 0 N–H and O–H groups in total. The maximum absolute atomic E-state index is 10.5. The summed E-state index contributed by atoms with van der Waals surface area (Å²) in [5.41, 5.74) is 4.41. The zero-order valence-corrected chi connectivity index (χ0v) is 16.5. The second kappa shape index (κ2) is 9.12. The SMILES string of the molecule is CCN(CCCOS(=O)(=O)[O-])c1ccc(N=Nc2scn[n+]2C)c(C)c1. The molecule has 9 nitrogen and oxygen atoms in total. The van der Waals surface area contributed by atoms with Gasteiger partial charge in [0.1, 0.15) is 18.2 Å². The smallest absolute Gasteiger partial charge is 0.429 e. The zero-order chi connectivity index (χ0) is 19.2. The molecule has 0 spiro atoms. The van der Waals surface area contributed by atoms with Crippen molar-refractivity contribution in [1.82, 2.24) is 5.10 Å². The van der Waals surface area contributed by atoms with Crippen molar-refractivity contribution in [2.45, 2.75) is 20.3 Å². The van der Waals surface area contributed by atoms with Crippen LogP contribution in [0.25, 0.3) is 0 Å². The standard InChI is InChI=1S/C15H21N5O4S2/c1-4-20(8-5-9-24-26(21,22)23)13-6-7-14(12(2)10-13)17-18-15-19(3)16-11-25-15/h6-7,10-11H,4-5,8-9H2,1-3H3. The van der Waals surface area contributed by atoms with Crippen molar-refractivity contribution in [3.8, 4) is 0 Å². The van der Waals surface area contributed by atoms with Crippen LogP contribution in [-0.4, -0.2) is 37.8 Å². The molecule has 0 saturated heterocycles. The predicted octanol–water partition coefficient (Wildman–Crippen LogP) is 2.38. The van der Waals surface area contributed by atoms with E-state index in [1.807, 2.05) is 39.1 Å². The van der Waals surface area contributed by atoms with E-state index in [9.17, 15) is 13.0 Å². The van der Waals surface area contributed by atoms with E-state index in [4.69, 9.17) is 0 Å². The first-order chi connectivity index (χ1) is 12.3. The lowest BCUT2D eigenvalue weighted by Crippen LogP contribution is -2.28. The third kappa shape index (κ3) is 6.09. The third-order valence-electron chi connectivity index (χ3n) is 3.63. The van der Waals surface area contributed by atoms with E-state index >= 15 is 0 Å². The molecule has 2 rings (SSSR count). The molecule has 0 aliphatic carbocycles. The van der Waals surface area contributed by atoms with Crippen molar-refractivity contribution in [2.24, 2.45) is 17.3 Å². The van der Waals surface area contributed by atoms with Crippen molar-refractivity contribution in [2.75, 3.05) is 24.6 Å². The number of benzene rings is 1. The first-order valence-corrected chi connectivity index (χ1v) is 10.2. The molecule has 26 heavy (non-hydrogen) atoms. The molecule has 0 amide bonds. The Morgan fingerprint density at radius 1 is 1.38 bits per heavy atom. The Bertz CT molecular complexity index is 867. The summed E-state index contributed by atoms with van der Waals surface area (Å²) in [6.07, 6.45) is 0.428. The molecule has 1 heterocycles. The highest BCUT2D eigenvalue weighted by atomic mass is 32.3. The highest BCUT2D eigenvalue weighted by Gasteiger charge is 2.11. The zero-order valence-electron chi connectivity index (χ0n) is 14.8. The summed E-state index contributed by atoms with van der Waals surface area (Å²) >= 11 is 1.41. The maximum atomic E-state index is 10.5. The molecular formula is C15H21N5O4S2. The molecule has 2 aromatic rings. The van der Waals surface area contributed by atoms with Gasteiger partial charge >= 0.3 is 5.13 Å². The van der Waals surface area contributed by atoms with Gasteiger partial charge in [-0.1, -0.05) is 5.10 Å². The minimum atomic E-state index is -4.63. The van der Waals surface area contributed by atoms with Crippen LogP contribution < -0.4 is 9.58 Å². The van der Waals surface area contributed by atoms with Gasteiger partial charge in [-0.25, -0.2) is 8.42 Å². The second-order valence-electron chi connectivity index (χ2n) is 5.48. The average Bonchev–Trinajstić information content (AvgIpc) is 2.98. The quantitative estimate of drug-likeness (QED) is 0.210. The summed E-state index contributed by atoms with van der Waals surface area (Å²) in [6, 6.07) is 5.81. The van der Waals surface area contributed by atoms with E-state index in [0.29, 0.717) is 18.1 Å². The van der Waals surface area contributed by atoms with Crippen LogP contribution >= 0.6 is 11.3 Å². The van der Waals surface area contributed by atoms with Crippen LogP contribution in [0.4, 0.5) is 16.5 Å². The summed E-state index contributed by atoms with van der Waals surface area (Å²) in [5, 5.41) is 13.2. The van der Waals surface area contributed by atoms with Gasteiger partial charge in [0.15, 0.2) is 0 Å². The van der Waals surface area contributed by atoms with Gasteiger partial charge in [0.05, 0.1) is 11.7 Å². The summed E-state index contributed by atoms with van der Waals surface area (Å²) < 4.78 is 37.2. The summed E-state index contributed by atoms with van der Waals surface area (Å²) in [6.45, 7) is 5.13. The lowest BCUT2D eigenvalue weighted by atomic mass is 10.1. The van der Waals surface area contributed by atoms with E-state index < -0.39 is 10.4 Å². The van der Waals surface area contributed by atoms with Crippen molar-refractivity contribution in [1.29, 1.82) is 0 Å². The molecule has 0 unspecified atom stereocenters. The molecule has 0 bridgehead atoms. The molecule has 1 aromatic carbocycles. The summed E-state index contributed by atoms with van der Waals surface area (Å²) in [7, 11) is -2.82. The Morgan fingerprint density at radius 2 is 2.15 bits per heavy atom. The Morgan fingerprint density at radius 3 is 2.73 bits per heavy atom. The third-order valence-corrected chi connectivity index (χ3v) is 4.84. The van der Waals surface area contributed by atoms with Crippen molar-refractivity contribution < 1.29 is 21.8 Å². The molecule has 0 saturated carbocycles. The van der Waals surface area contributed by atoms with Gasteiger partial charge < -0.3 is 9.45 Å². The minimum absolute atomic E-state index is 0.126. The Labute approximate surface area is 156 Å². The van der Waals surface area contributed by atoms with E-state index in [0.717, 1.165) is 23.5 Å². The Balaban J connectivity index is 2.02. The number of azo groups is 1. The van der Waals surface area contributed by atoms with E-state index in [2.05, 4.69) is 24.4 Å². The van der Waals surface area contributed by atoms with Gasteiger partial charge in [0.25, 0.3) is 0 Å². The van der Waals surface area contributed by atoms with Crippen molar-refractivity contribution >= 4 is 38.2 Å². The highest BCUT2D eigenvalue weighted by Crippen LogP contribution is 2.26. The fourth-order valence-corrected chi connectivity index (χ4v) is 3.18. The first kappa shape index (κ1) is 20.4. The number of aromatic nitrogens is 2. The maximum Gasteiger partial charge on any atom is 0.429 e. The van der Waals surface area contributed by atoms with Crippen LogP contribution in [0.15, 0.2) is 33.9 Å². The lowest BCUT2D eigenvalue weighted by Gasteiger charge is -2.23. The monoisotopic (exact) mass is 399 g/mol. The normalized spacial score (nSPS) is 12.0. The number of nitrogens with zero attached hydrogens (tertiary/aromatic N) is 5. The second-order valence-corrected chi connectivity index (χ2v) is 7.34. The Kier molecular flexibility index (Phi) is 7.14. The summed E-state index contributed by atoms with van der Waals surface area (Å²) in [4.78, 5) is 2.07.